The number of hydrogen-bond donors (Lipinski definition) is 1. The summed E-state index contributed by atoms with van der Waals surface area (Å²) in [7, 11) is 0. The van der Waals surface area contributed by atoms with Crippen molar-refractivity contribution in [2.45, 2.75) is 25.8 Å². The highest BCUT2D eigenvalue weighted by atomic mass is 15.2. The summed E-state index contributed by atoms with van der Waals surface area (Å²) in [6.45, 7) is 5.83. The van der Waals surface area contributed by atoms with Crippen molar-refractivity contribution in [3.63, 3.8) is 0 Å². The van der Waals surface area contributed by atoms with Crippen LogP contribution in [-0.2, 0) is 0 Å². The van der Waals surface area contributed by atoms with Gasteiger partial charge in [-0.15, -0.1) is 0 Å². The van der Waals surface area contributed by atoms with Gasteiger partial charge in [0.15, 0.2) is 0 Å². The summed E-state index contributed by atoms with van der Waals surface area (Å²) in [5.41, 5.74) is 1.06. The van der Waals surface area contributed by atoms with E-state index in [1.54, 1.807) is 0 Å². The smallest absolute Gasteiger partial charge is 0.126 e. The maximum absolute atomic E-state index is 4.66. The number of hydrogen-bond acceptors (Lipinski definition) is 3. The number of para-hydroxylation sites is 1. The molecular weight excluding hydrogens is 234 g/mol. The zero-order valence-electron chi connectivity index (χ0n) is 11.5. The molecule has 2 heterocycles. The molecule has 0 saturated carbocycles. The first kappa shape index (κ1) is 12.4. The third-order valence-electron chi connectivity index (χ3n) is 3.72. The van der Waals surface area contributed by atoms with E-state index in [0.29, 0.717) is 6.04 Å². The average Bonchev–Trinajstić information content (AvgIpc) is 2.91. The van der Waals surface area contributed by atoms with Crippen LogP contribution in [0.25, 0.3) is 10.9 Å². The minimum atomic E-state index is 0.437. The number of likely N-dealkylation sites (tertiary alicyclic amines) is 1. The normalized spacial score (nSPS) is 17.7. The molecule has 1 atom stereocenters. The molecule has 1 aromatic heterocycles. The molecule has 3 heteroatoms. The lowest BCUT2D eigenvalue weighted by atomic mass is 10.2. The average molecular weight is 255 g/mol. The summed E-state index contributed by atoms with van der Waals surface area (Å²) in [5.74, 6) is 0.977. The Balaban J connectivity index is 1.66. The highest BCUT2D eigenvalue weighted by Gasteiger charge is 2.14. The van der Waals surface area contributed by atoms with E-state index in [-0.39, 0.29) is 0 Å². The summed E-state index contributed by atoms with van der Waals surface area (Å²) in [6, 6.07) is 12.9. The van der Waals surface area contributed by atoms with Crippen LogP contribution in [-0.4, -0.2) is 35.6 Å². The number of fused-ring (bicyclic) bond motifs is 1. The molecule has 0 radical (unpaired) electrons. The van der Waals surface area contributed by atoms with Crippen molar-refractivity contribution in [2.24, 2.45) is 0 Å². The van der Waals surface area contributed by atoms with E-state index in [4.69, 9.17) is 0 Å². The van der Waals surface area contributed by atoms with E-state index >= 15 is 0 Å². The van der Waals surface area contributed by atoms with E-state index in [2.05, 4.69) is 46.4 Å². The largest absolute Gasteiger partial charge is 0.366 e. The first-order valence-corrected chi connectivity index (χ1v) is 7.16. The molecule has 1 aromatic carbocycles. The summed E-state index contributed by atoms with van der Waals surface area (Å²) in [4.78, 5) is 7.19. The fourth-order valence-corrected chi connectivity index (χ4v) is 2.80. The van der Waals surface area contributed by atoms with Gasteiger partial charge in [0.05, 0.1) is 5.52 Å². The molecule has 100 valence electrons. The molecule has 1 N–H and O–H groups in total. The third kappa shape index (κ3) is 3.04. The Labute approximate surface area is 114 Å². The predicted molar refractivity (Wildman–Crippen MR) is 80.5 cm³/mol. The SMILES string of the molecule is CC(CN1CCCC1)Nc1ccc2ccccc2n1. The Morgan fingerprint density at radius 2 is 1.95 bits per heavy atom. The van der Waals surface area contributed by atoms with Gasteiger partial charge in [0.25, 0.3) is 0 Å². The van der Waals surface area contributed by atoms with E-state index in [0.717, 1.165) is 17.9 Å². The minimum absolute atomic E-state index is 0.437. The lowest BCUT2D eigenvalue weighted by molar-refractivity contribution is 0.327. The van der Waals surface area contributed by atoms with Crippen molar-refractivity contribution < 1.29 is 0 Å². The molecule has 0 bridgehead atoms. The molecule has 3 nitrogen and oxygen atoms in total. The number of anilines is 1. The fourth-order valence-electron chi connectivity index (χ4n) is 2.80. The maximum atomic E-state index is 4.66. The van der Waals surface area contributed by atoms with Crippen molar-refractivity contribution in [2.75, 3.05) is 25.0 Å². The molecule has 1 aliphatic heterocycles. The first-order valence-electron chi connectivity index (χ1n) is 7.16. The molecule has 2 aromatic rings. The van der Waals surface area contributed by atoms with Gasteiger partial charge < -0.3 is 10.2 Å². The van der Waals surface area contributed by atoms with E-state index in [9.17, 15) is 0 Å². The van der Waals surface area contributed by atoms with Crippen LogP contribution in [0, 0.1) is 0 Å². The second-order valence-electron chi connectivity index (χ2n) is 5.44. The molecule has 0 spiro atoms. The van der Waals surface area contributed by atoms with Crippen molar-refractivity contribution >= 4 is 16.7 Å². The summed E-state index contributed by atoms with van der Waals surface area (Å²) >= 11 is 0. The van der Waals surface area contributed by atoms with E-state index in [1.807, 2.05) is 12.1 Å². The number of nitrogens with one attached hydrogen (secondary N) is 1. The highest BCUT2D eigenvalue weighted by Crippen LogP contribution is 2.16. The third-order valence-corrected chi connectivity index (χ3v) is 3.72. The van der Waals surface area contributed by atoms with Gasteiger partial charge >= 0.3 is 0 Å². The molecule has 1 unspecified atom stereocenters. The Morgan fingerprint density at radius 1 is 1.16 bits per heavy atom. The molecular formula is C16H21N3. The molecule has 3 rings (SSSR count). The van der Waals surface area contributed by atoms with Gasteiger partial charge in [0.2, 0.25) is 0 Å². The lowest BCUT2D eigenvalue weighted by Gasteiger charge is -2.21. The Morgan fingerprint density at radius 3 is 2.79 bits per heavy atom. The van der Waals surface area contributed by atoms with Crippen LogP contribution in [0.1, 0.15) is 19.8 Å². The second kappa shape index (κ2) is 5.57. The molecule has 19 heavy (non-hydrogen) atoms. The molecule has 0 amide bonds. The number of aromatic nitrogens is 1. The van der Waals surface area contributed by atoms with Crippen LogP contribution in [0.5, 0.6) is 0 Å². The van der Waals surface area contributed by atoms with Crippen LogP contribution in [0.4, 0.5) is 5.82 Å². The highest BCUT2D eigenvalue weighted by molar-refractivity contribution is 5.80. The minimum Gasteiger partial charge on any atom is -0.366 e. The number of benzene rings is 1. The second-order valence-corrected chi connectivity index (χ2v) is 5.44. The van der Waals surface area contributed by atoms with Crippen LogP contribution < -0.4 is 5.32 Å². The molecule has 0 aliphatic carbocycles. The van der Waals surface area contributed by atoms with Crippen LogP contribution >= 0.6 is 0 Å². The first-order chi connectivity index (χ1) is 9.31. The molecule has 1 fully saturated rings. The van der Waals surface area contributed by atoms with Gasteiger partial charge in [-0.3, -0.25) is 0 Å². The monoisotopic (exact) mass is 255 g/mol. The lowest BCUT2D eigenvalue weighted by Crippen LogP contribution is -2.33. The zero-order chi connectivity index (χ0) is 13.1. The van der Waals surface area contributed by atoms with Crippen LogP contribution in [0.3, 0.4) is 0 Å². The summed E-state index contributed by atoms with van der Waals surface area (Å²) in [5, 5.41) is 4.70. The number of nitrogens with zero attached hydrogens (tertiary/aromatic N) is 2. The standard InChI is InChI=1S/C16H21N3/c1-13(12-19-10-4-5-11-19)17-16-9-8-14-6-2-3-7-15(14)18-16/h2-3,6-9,13H,4-5,10-12H2,1H3,(H,17,18). The quantitative estimate of drug-likeness (QED) is 0.909. The topological polar surface area (TPSA) is 28.2 Å². The Bertz CT molecular complexity index is 546. The van der Waals surface area contributed by atoms with Crippen LogP contribution in [0.15, 0.2) is 36.4 Å². The predicted octanol–water partition coefficient (Wildman–Crippen LogP) is 3.13. The van der Waals surface area contributed by atoms with E-state index in [1.165, 1.54) is 31.3 Å². The van der Waals surface area contributed by atoms with E-state index < -0.39 is 0 Å². The van der Waals surface area contributed by atoms with Crippen molar-refractivity contribution in [3.8, 4) is 0 Å². The van der Waals surface area contributed by atoms with Gasteiger partial charge in [-0.1, -0.05) is 18.2 Å². The Kier molecular flexibility index (Phi) is 3.65. The number of pyridine rings is 1. The van der Waals surface area contributed by atoms with Gasteiger partial charge in [-0.05, 0) is 51.1 Å². The zero-order valence-corrected chi connectivity index (χ0v) is 11.5. The maximum Gasteiger partial charge on any atom is 0.126 e. The molecule has 1 aliphatic rings. The molecule has 1 saturated heterocycles. The van der Waals surface area contributed by atoms with Crippen LogP contribution in [0.2, 0.25) is 0 Å². The number of rotatable bonds is 4. The van der Waals surface area contributed by atoms with Gasteiger partial charge in [-0.25, -0.2) is 4.98 Å². The van der Waals surface area contributed by atoms with Crippen molar-refractivity contribution in [3.05, 3.63) is 36.4 Å². The van der Waals surface area contributed by atoms with Gasteiger partial charge in [0.1, 0.15) is 5.82 Å². The van der Waals surface area contributed by atoms with Crippen molar-refractivity contribution in [1.82, 2.24) is 9.88 Å². The van der Waals surface area contributed by atoms with Gasteiger partial charge in [0, 0.05) is 18.0 Å². The fraction of sp³-hybridized carbons (Fsp3) is 0.438. The van der Waals surface area contributed by atoms with Gasteiger partial charge in [-0.2, -0.15) is 0 Å². The Hall–Kier alpha value is -1.61. The summed E-state index contributed by atoms with van der Waals surface area (Å²) < 4.78 is 0. The van der Waals surface area contributed by atoms with Crippen molar-refractivity contribution in [1.29, 1.82) is 0 Å². The summed E-state index contributed by atoms with van der Waals surface area (Å²) in [6.07, 6.45) is 2.70.